The summed E-state index contributed by atoms with van der Waals surface area (Å²) in [7, 11) is 0. The van der Waals surface area contributed by atoms with Crippen LogP contribution in [0.3, 0.4) is 0 Å². The summed E-state index contributed by atoms with van der Waals surface area (Å²) in [5, 5.41) is 12.2. The van der Waals surface area contributed by atoms with Gasteiger partial charge in [0.1, 0.15) is 11.5 Å². The molecular weight excluding hydrogens is 327 g/mol. The molecule has 4 rings (SSSR count). The van der Waals surface area contributed by atoms with E-state index in [0.29, 0.717) is 16.6 Å². The van der Waals surface area contributed by atoms with Gasteiger partial charge in [-0.1, -0.05) is 23.9 Å². The number of imidazole rings is 1. The number of pyridine rings is 1. The molecule has 0 fully saturated rings. The zero-order valence-corrected chi connectivity index (χ0v) is 13.6. The Morgan fingerprint density at radius 3 is 2.96 bits per heavy atom. The second-order valence-electron chi connectivity index (χ2n) is 5.35. The highest BCUT2D eigenvalue weighted by Gasteiger charge is 2.11. The van der Waals surface area contributed by atoms with Gasteiger partial charge in [-0.3, -0.25) is 0 Å². The number of halogens is 1. The molecule has 0 amide bonds. The molecule has 0 spiro atoms. The first kappa shape index (κ1) is 14.8. The van der Waals surface area contributed by atoms with E-state index in [2.05, 4.69) is 20.5 Å². The molecular formula is C16H13FN6S. The first-order valence-electron chi connectivity index (χ1n) is 7.30. The number of tetrazole rings is 1. The van der Waals surface area contributed by atoms with Gasteiger partial charge in [-0.25, -0.2) is 9.37 Å². The number of rotatable bonds is 4. The first-order chi connectivity index (χ1) is 11.7. The van der Waals surface area contributed by atoms with Crippen molar-refractivity contribution in [3.05, 3.63) is 65.9 Å². The molecule has 0 aliphatic carbocycles. The standard InChI is InChI=1S/C16H13FN6S/c1-11-5-6-15-18-13(9-22(15)8-11)10-24-16-19-20-21-23(16)14-4-2-3-12(17)7-14/h2-9H,10H2,1H3. The van der Waals surface area contributed by atoms with Crippen molar-refractivity contribution in [2.45, 2.75) is 17.8 Å². The van der Waals surface area contributed by atoms with Gasteiger partial charge in [-0.15, -0.1) is 5.10 Å². The molecule has 0 radical (unpaired) electrons. The van der Waals surface area contributed by atoms with E-state index < -0.39 is 0 Å². The highest BCUT2D eigenvalue weighted by atomic mass is 32.2. The van der Waals surface area contributed by atoms with Crippen LogP contribution in [0.1, 0.15) is 11.3 Å². The van der Waals surface area contributed by atoms with Gasteiger partial charge in [-0.05, 0) is 47.2 Å². The normalized spacial score (nSPS) is 11.2. The smallest absolute Gasteiger partial charge is 0.214 e. The number of nitrogens with zero attached hydrogens (tertiary/aromatic N) is 6. The van der Waals surface area contributed by atoms with Crippen LogP contribution in [0, 0.1) is 12.7 Å². The minimum atomic E-state index is -0.324. The Bertz CT molecular complexity index is 1010. The molecule has 0 N–H and O–H groups in total. The lowest BCUT2D eigenvalue weighted by atomic mass is 10.3. The van der Waals surface area contributed by atoms with Crippen molar-refractivity contribution in [1.82, 2.24) is 29.6 Å². The SMILES string of the molecule is Cc1ccc2nc(CSc3nnnn3-c3cccc(F)c3)cn2c1. The van der Waals surface area contributed by atoms with E-state index in [1.54, 1.807) is 12.1 Å². The number of hydrogen-bond acceptors (Lipinski definition) is 5. The Kier molecular flexibility index (Phi) is 3.73. The maximum Gasteiger partial charge on any atom is 0.214 e. The summed E-state index contributed by atoms with van der Waals surface area (Å²) < 4.78 is 16.9. The van der Waals surface area contributed by atoms with Crippen LogP contribution < -0.4 is 0 Å². The van der Waals surface area contributed by atoms with Crippen molar-refractivity contribution >= 4 is 17.4 Å². The lowest BCUT2D eigenvalue weighted by Crippen LogP contribution is -1.99. The number of hydrogen-bond donors (Lipinski definition) is 0. The Hall–Kier alpha value is -2.74. The predicted octanol–water partition coefficient (Wildman–Crippen LogP) is 3.05. The van der Waals surface area contributed by atoms with Crippen LogP contribution >= 0.6 is 11.8 Å². The fourth-order valence-electron chi connectivity index (χ4n) is 2.40. The van der Waals surface area contributed by atoms with Gasteiger partial charge in [-0.2, -0.15) is 4.68 Å². The minimum Gasteiger partial charge on any atom is -0.307 e. The Morgan fingerprint density at radius 1 is 1.17 bits per heavy atom. The fourth-order valence-corrected chi connectivity index (χ4v) is 3.18. The van der Waals surface area contributed by atoms with Gasteiger partial charge < -0.3 is 4.40 Å². The highest BCUT2D eigenvalue weighted by molar-refractivity contribution is 7.98. The monoisotopic (exact) mass is 340 g/mol. The third-order valence-corrected chi connectivity index (χ3v) is 4.44. The van der Waals surface area contributed by atoms with Crippen molar-refractivity contribution in [3.8, 4) is 5.69 Å². The third kappa shape index (κ3) is 2.88. The molecule has 0 aliphatic rings. The van der Waals surface area contributed by atoms with E-state index in [-0.39, 0.29) is 5.82 Å². The molecule has 3 aromatic heterocycles. The molecule has 0 unspecified atom stereocenters. The summed E-state index contributed by atoms with van der Waals surface area (Å²) in [5.41, 5.74) is 3.60. The summed E-state index contributed by atoms with van der Waals surface area (Å²) >= 11 is 1.46. The maximum atomic E-state index is 13.4. The van der Waals surface area contributed by atoms with Crippen LogP contribution in [-0.4, -0.2) is 29.6 Å². The zero-order chi connectivity index (χ0) is 16.5. The lowest BCUT2D eigenvalue weighted by Gasteiger charge is -2.03. The van der Waals surface area contributed by atoms with Crippen LogP contribution in [0.2, 0.25) is 0 Å². The summed E-state index contributed by atoms with van der Waals surface area (Å²) in [6.07, 6.45) is 4.03. The molecule has 8 heteroatoms. The van der Waals surface area contributed by atoms with Gasteiger partial charge in [0.15, 0.2) is 0 Å². The average Bonchev–Trinajstić information content (AvgIpc) is 3.18. The minimum absolute atomic E-state index is 0.324. The topological polar surface area (TPSA) is 60.9 Å². The molecule has 0 bridgehead atoms. The van der Waals surface area contributed by atoms with Gasteiger partial charge >= 0.3 is 0 Å². The summed E-state index contributed by atoms with van der Waals surface area (Å²) in [6, 6.07) is 10.2. The molecule has 0 atom stereocenters. The number of benzene rings is 1. The van der Waals surface area contributed by atoms with Crippen LogP contribution in [0.25, 0.3) is 11.3 Å². The van der Waals surface area contributed by atoms with Gasteiger partial charge in [0.2, 0.25) is 5.16 Å². The predicted molar refractivity (Wildman–Crippen MR) is 88.6 cm³/mol. The summed E-state index contributed by atoms with van der Waals surface area (Å²) in [5.74, 6) is 0.297. The molecule has 120 valence electrons. The van der Waals surface area contributed by atoms with E-state index in [1.807, 2.05) is 35.9 Å². The Morgan fingerprint density at radius 2 is 2.08 bits per heavy atom. The van der Waals surface area contributed by atoms with E-state index >= 15 is 0 Å². The largest absolute Gasteiger partial charge is 0.307 e. The second-order valence-corrected chi connectivity index (χ2v) is 6.29. The van der Waals surface area contributed by atoms with Gasteiger partial charge in [0.05, 0.1) is 11.4 Å². The number of aryl methyl sites for hydroxylation is 1. The van der Waals surface area contributed by atoms with Crippen molar-refractivity contribution in [1.29, 1.82) is 0 Å². The molecule has 4 aromatic rings. The van der Waals surface area contributed by atoms with Gasteiger partial charge in [0.25, 0.3) is 0 Å². The quantitative estimate of drug-likeness (QED) is 0.534. The third-order valence-electron chi connectivity index (χ3n) is 3.49. The molecule has 24 heavy (non-hydrogen) atoms. The Balaban J connectivity index is 1.57. The summed E-state index contributed by atoms with van der Waals surface area (Å²) in [4.78, 5) is 4.57. The van der Waals surface area contributed by atoms with Crippen LogP contribution in [0.4, 0.5) is 4.39 Å². The summed E-state index contributed by atoms with van der Waals surface area (Å²) in [6.45, 7) is 2.04. The molecule has 6 nitrogen and oxygen atoms in total. The van der Waals surface area contributed by atoms with E-state index in [9.17, 15) is 4.39 Å². The molecule has 0 aliphatic heterocycles. The zero-order valence-electron chi connectivity index (χ0n) is 12.8. The highest BCUT2D eigenvalue weighted by Crippen LogP contribution is 2.22. The lowest BCUT2D eigenvalue weighted by molar-refractivity contribution is 0.623. The van der Waals surface area contributed by atoms with Crippen LogP contribution in [-0.2, 0) is 5.75 Å². The molecule has 0 saturated heterocycles. The maximum absolute atomic E-state index is 13.4. The van der Waals surface area contributed by atoms with E-state index in [4.69, 9.17) is 0 Å². The van der Waals surface area contributed by atoms with Crippen LogP contribution in [0.5, 0.6) is 0 Å². The molecule has 0 saturated carbocycles. The van der Waals surface area contributed by atoms with Crippen molar-refractivity contribution < 1.29 is 4.39 Å². The second kappa shape index (κ2) is 6.04. The van der Waals surface area contributed by atoms with Gasteiger partial charge in [0, 0.05) is 18.1 Å². The van der Waals surface area contributed by atoms with E-state index in [0.717, 1.165) is 11.3 Å². The van der Waals surface area contributed by atoms with E-state index in [1.165, 1.54) is 34.1 Å². The first-order valence-corrected chi connectivity index (χ1v) is 8.29. The Labute approximate surface area is 141 Å². The van der Waals surface area contributed by atoms with Crippen LogP contribution in [0.15, 0.2) is 53.9 Å². The number of fused-ring (bicyclic) bond motifs is 1. The average molecular weight is 340 g/mol. The van der Waals surface area contributed by atoms with Crippen molar-refractivity contribution in [2.24, 2.45) is 0 Å². The number of thioether (sulfide) groups is 1. The molecule has 1 aromatic carbocycles. The fraction of sp³-hybridized carbons (Fsp3) is 0.125. The van der Waals surface area contributed by atoms with Crippen molar-refractivity contribution in [3.63, 3.8) is 0 Å². The molecule has 3 heterocycles. The number of aromatic nitrogens is 6. The van der Waals surface area contributed by atoms with Crippen molar-refractivity contribution in [2.75, 3.05) is 0 Å².